The van der Waals surface area contributed by atoms with Crippen LogP contribution in [0.25, 0.3) is 34.4 Å². The van der Waals surface area contributed by atoms with E-state index in [1.807, 2.05) is 0 Å². The van der Waals surface area contributed by atoms with E-state index in [0.29, 0.717) is 11.1 Å². The molecular formula is C60H64O34. The molecule has 0 bridgehead atoms. The first-order chi connectivity index (χ1) is 44.7. The number of aliphatic hydroxyl groups excluding tert-OH is 13. The van der Waals surface area contributed by atoms with Gasteiger partial charge in [-0.2, -0.15) is 0 Å². The highest BCUT2D eigenvalue weighted by Crippen LogP contribution is 2.47. The third-order valence-corrected chi connectivity index (χ3v) is 15.0. The normalized spacial score (nSPS) is 31.2. The molecule has 34 nitrogen and oxygen atoms in total. The molecule has 508 valence electrons. The van der Waals surface area contributed by atoms with E-state index in [4.69, 9.17) is 56.5 Å². The van der Waals surface area contributed by atoms with Gasteiger partial charge in [0.05, 0.1) is 30.6 Å². The predicted octanol–water partition coefficient (Wildman–Crippen LogP) is -4.86. The first-order valence-electron chi connectivity index (χ1n) is 28.4. The molecule has 17 N–H and O–H groups in total. The zero-order chi connectivity index (χ0) is 68.0. The van der Waals surface area contributed by atoms with Gasteiger partial charge in [0.25, 0.3) is 0 Å². The molecule has 0 aliphatic carbocycles. The number of phenols is 4. The Labute approximate surface area is 528 Å². The molecule has 5 aromatic rings. The van der Waals surface area contributed by atoms with Gasteiger partial charge in [-0.3, -0.25) is 4.79 Å². The van der Waals surface area contributed by atoms with Gasteiger partial charge in [-0.15, -0.1) is 0 Å². The smallest absolute Gasteiger partial charge is 0.402 e. The van der Waals surface area contributed by atoms with E-state index in [-0.39, 0.29) is 22.5 Å². The van der Waals surface area contributed by atoms with Crippen LogP contribution >= 0.6 is 0 Å². The second kappa shape index (κ2) is 30.2. The minimum Gasteiger partial charge on any atom is -0.550 e. The van der Waals surface area contributed by atoms with E-state index >= 15 is 0 Å². The number of carbonyl (C=O) groups excluding carboxylic acids is 4. The fourth-order valence-electron chi connectivity index (χ4n) is 9.84. The van der Waals surface area contributed by atoms with Crippen LogP contribution in [-0.2, 0) is 52.3 Å². The van der Waals surface area contributed by atoms with Crippen LogP contribution in [0, 0.1) is 0 Å². The maximum absolute atomic E-state index is 13.1. The molecule has 5 heterocycles. The lowest BCUT2D eigenvalue weighted by Gasteiger charge is -2.40. The number of aromatic hydroxyl groups is 4. The summed E-state index contributed by atoms with van der Waals surface area (Å²) in [5, 5.41) is 194. The molecule has 4 aliphatic heterocycles. The Balaban J connectivity index is 1.00. The Kier molecular flexibility index (Phi) is 22.4. The highest BCUT2D eigenvalue weighted by Gasteiger charge is 2.50. The standard InChI is InChI=1S/C60H64O34/c61-19-35-44(71)48(75)52(79)57(91-35)86-28-9-3-24(4-10-28)6-12-41(68)84-21-37-46(73)50(77)54(81)59(93-37)89-33-14-25(13-32(43(33)70)88-58-53(80)49(76)45(72)36(92-58)20-83-40(67)11-5-23-1-7-26(62)8-2-23)56-34(17-29-30(64)15-27(63)16-31(29)87-56)90-60-55(82)51(78)47(74)38(94-60)22-85-42(69)18-39(65)66/h1-17,35-38,44-55,57-61,71-82H,18-22H2,(H4-,62,63,64,65,66,67,70). The SMILES string of the molecule is O=C([O-])CC(=O)OCC1OC(Oc2cc3c(O)cc(O)cc3[o+]c2-c2cc(OC3OC(COC(=O)C=Cc4ccc(O)cc4)C(O)C(O)C3O)c(O)c(OC3OC(COC(=O)C=Cc4ccc(OC5OC(CO)C(O)C(O)C5O)cc4)C(O)C(O)C3O)c2)C(O)C(O)C1O. The van der Waals surface area contributed by atoms with E-state index in [2.05, 4.69) is 0 Å². The van der Waals surface area contributed by atoms with Crippen LogP contribution in [-0.4, -0.2) is 260 Å². The van der Waals surface area contributed by atoms with Gasteiger partial charge in [-0.05, 0) is 47.5 Å². The van der Waals surface area contributed by atoms with Gasteiger partial charge in [0.1, 0.15) is 146 Å². The summed E-state index contributed by atoms with van der Waals surface area (Å²) in [6.07, 6.45) is -35.3. The van der Waals surface area contributed by atoms with Crippen LogP contribution < -0.4 is 24.1 Å². The van der Waals surface area contributed by atoms with Crippen LogP contribution in [0.1, 0.15) is 17.5 Å². The summed E-state index contributed by atoms with van der Waals surface area (Å²) in [4.78, 5) is 48.9. The molecule has 0 radical (unpaired) electrons. The summed E-state index contributed by atoms with van der Waals surface area (Å²) in [6.45, 7) is -3.31. The molecule has 4 fully saturated rings. The summed E-state index contributed by atoms with van der Waals surface area (Å²) < 4.78 is 67.6. The summed E-state index contributed by atoms with van der Waals surface area (Å²) >= 11 is 0. The maximum Gasteiger partial charge on any atom is 0.402 e. The van der Waals surface area contributed by atoms with Gasteiger partial charge in [0.15, 0.2) is 11.5 Å². The second-order valence-corrected chi connectivity index (χ2v) is 21.7. The minimum absolute atomic E-state index is 0.0502. The maximum atomic E-state index is 13.1. The number of carbonyl (C=O) groups is 4. The average molecular weight is 1330 g/mol. The Morgan fingerprint density at radius 1 is 0.468 bits per heavy atom. The first-order valence-corrected chi connectivity index (χ1v) is 28.4. The summed E-state index contributed by atoms with van der Waals surface area (Å²) in [5.74, 6) is -10.5. The van der Waals surface area contributed by atoms with Gasteiger partial charge in [0.2, 0.25) is 36.7 Å². The van der Waals surface area contributed by atoms with Gasteiger partial charge >= 0.3 is 29.3 Å². The highest BCUT2D eigenvalue weighted by atomic mass is 16.7. The number of ether oxygens (including phenoxy) is 11. The first kappa shape index (κ1) is 69.7. The zero-order valence-corrected chi connectivity index (χ0v) is 48.4. The fourth-order valence-corrected chi connectivity index (χ4v) is 9.84. The van der Waals surface area contributed by atoms with Crippen molar-refractivity contribution in [3.05, 3.63) is 102 Å². The minimum atomic E-state index is -2.24. The number of aliphatic hydroxyl groups is 13. The van der Waals surface area contributed by atoms with Gasteiger partial charge in [-0.1, -0.05) is 24.3 Å². The highest BCUT2D eigenvalue weighted by molar-refractivity contribution is 5.90. The molecule has 4 aliphatic rings. The molecule has 34 heteroatoms. The van der Waals surface area contributed by atoms with Crippen molar-refractivity contribution in [2.45, 2.75) is 129 Å². The van der Waals surface area contributed by atoms with Crippen LogP contribution in [0.5, 0.6) is 46.0 Å². The van der Waals surface area contributed by atoms with Gasteiger partial charge in [-0.25, -0.2) is 14.0 Å². The van der Waals surface area contributed by atoms with Crippen molar-refractivity contribution in [2.24, 2.45) is 0 Å². The Hall–Kier alpha value is -8.63. The summed E-state index contributed by atoms with van der Waals surface area (Å²) in [5.41, 5.74) is 0.0424. The van der Waals surface area contributed by atoms with Crippen molar-refractivity contribution in [1.29, 1.82) is 0 Å². The average Bonchev–Trinajstić information content (AvgIpc) is 0.767. The molecule has 9 rings (SSSR count). The van der Waals surface area contributed by atoms with Gasteiger partial charge in [0, 0.05) is 36.4 Å². The topological polar surface area (TPSA) is 548 Å². The Bertz CT molecular complexity index is 3530. The van der Waals surface area contributed by atoms with Gasteiger partial charge < -0.3 is 149 Å². The van der Waals surface area contributed by atoms with E-state index in [1.165, 1.54) is 60.7 Å². The molecule has 4 aromatic carbocycles. The van der Waals surface area contributed by atoms with Crippen molar-refractivity contribution in [3.63, 3.8) is 0 Å². The Morgan fingerprint density at radius 2 is 0.883 bits per heavy atom. The number of phenolic OH excluding ortho intramolecular Hbond substituents is 4. The van der Waals surface area contributed by atoms with Crippen LogP contribution in [0.15, 0.2) is 95.4 Å². The molecule has 0 spiro atoms. The Morgan fingerprint density at radius 3 is 1.34 bits per heavy atom. The van der Waals surface area contributed by atoms with Crippen LogP contribution in [0.2, 0.25) is 0 Å². The number of carboxylic acid groups (broad SMARTS) is 1. The fraction of sp³-hybridized carbons (Fsp3) is 0.417. The zero-order valence-electron chi connectivity index (χ0n) is 48.4. The molecule has 4 saturated heterocycles. The van der Waals surface area contributed by atoms with Crippen molar-refractivity contribution in [1.82, 2.24) is 0 Å². The van der Waals surface area contributed by atoms with E-state index in [1.54, 1.807) is 0 Å². The quantitative estimate of drug-likeness (QED) is 0.0102. The predicted molar refractivity (Wildman–Crippen MR) is 302 cm³/mol. The monoisotopic (exact) mass is 1330 g/mol. The molecular weight excluding hydrogens is 1260 g/mol. The molecule has 0 amide bonds. The summed E-state index contributed by atoms with van der Waals surface area (Å²) in [6, 6.07) is 16.0. The van der Waals surface area contributed by atoms with Crippen molar-refractivity contribution in [3.8, 4) is 57.3 Å². The number of fused-ring (bicyclic) bond motifs is 1. The number of carboxylic acids is 1. The third kappa shape index (κ3) is 16.3. The lowest BCUT2D eigenvalue weighted by molar-refractivity contribution is -0.305. The van der Waals surface area contributed by atoms with E-state index < -0.39 is 225 Å². The van der Waals surface area contributed by atoms with Crippen molar-refractivity contribution in [2.75, 3.05) is 26.4 Å². The molecule has 94 heavy (non-hydrogen) atoms. The lowest BCUT2D eigenvalue weighted by Crippen LogP contribution is -2.60. The number of hydrogen-bond donors (Lipinski definition) is 17. The van der Waals surface area contributed by atoms with E-state index in [0.717, 1.165) is 42.5 Å². The van der Waals surface area contributed by atoms with E-state index in [9.17, 15) is 111 Å². The molecule has 20 unspecified atom stereocenters. The van der Waals surface area contributed by atoms with Crippen LogP contribution in [0.4, 0.5) is 0 Å². The number of hydrogen-bond acceptors (Lipinski definition) is 33. The number of esters is 3. The molecule has 0 saturated carbocycles. The lowest BCUT2D eigenvalue weighted by atomic mass is 9.99. The number of rotatable bonds is 22. The molecule has 20 atom stereocenters. The number of benzene rings is 4. The number of aliphatic carboxylic acids is 1. The van der Waals surface area contributed by atoms with Crippen molar-refractivity contribution >= 4 is 47.0 Å². The van der Waals surface area contributed by atoms with Crippen molar-refractivity contribution < 1.29 is 168 Å². The molecule has 1 aromatic heterocycles. The second-order valence-electron chi connectivity index (χ2n) is 21.7. The third-order valence-electron chi connectivity index (χ3n) is 15.0. The largest absolute Gasteiger partial charge is 0.550 e. The van der Waals surface area contributed by atoms with Crippen LogP contribution in [0.3, 0.4) is 0 Å². The summed E-state index contributed by atoms with van der Waals surface area (Å²) in [7, 11) is 0.